The fraction of sp³-hybridized carbons (Fsp3) is 0.200. The lowest BCUT2D eigenvalue weighted by molar-refractivity contribution is -0.114. The maximum atomic E-state index is 12.0. The zero-order chi connectivity index (χ0) is 17.7. The summed E-state index contributed by atoms with van der Waals surface area (Å²) in [6.45, 7) is 7.88. The molecule has 0 fully saturated rings. The van der Waals surface area contributed by atoms with Gasteiger partial charge in [-0.15, -0.1) is 0 Å². The Kier molecular flexibility index (Phi) is 5.53. The summed E-state index contributed by atoms with van der Waals surface area (Å²) in [5.41, 5.74) is 5.76. The summed E-state index contributed by atoms with van der Waals surface area (Å²) in [6.07, 6.45) is 2.47. The van der Waals surface area contributed by atoms with Crippen LogP contribution in [0.4, 0.5) is 11.4 Å². The van der Waals surface area contributed by atoms with Crippen molar-refractivity contribution in [2.24, 2.45) is 0 Å². The highest BCUT2D eigenvalue weighted by atomic mass is 16.2. The van der Waals surface area contributed by atoms with Crippen molar-refractivity contribution in [2.75, 3.05) is 10.6 Å². The molecule has 2 aromatic rings. The second kappa shape index (κ2) is 7.59. The average molecular weight is 322 g/mol. The first-order valence-corrected chi connectivity index (χ1v) is 7.79. The van der Waals surface area contributed by atoms with Gasteiger partial charge >= 0.3 is 0 Å². The largest absolute Gasteiger partial charge is 0.323 e. The van der Waals surface area contributed by atoms with Gasteiger partial charge in [0, 0.05) is 23.5 Å². The van der Waals surface area contributed by atoms with E-state index < -0.39 is 0 Å². The Hall–Kier alpha value is -2.88. The summed E-state index contributed by atoms with van der Waals surface area (Å²) in [5.74, 6) is -0.673. The van der Waals surface area contributed by atoms with E-state index >= 15 is 0 Å². The Labute approximate surface area is 142 Å². The Balaban J connectivity index is 1.96. The van der Waals surface area contributed by atoms with Crippen molar-refractivity contribution in [1.82, 2.24) is 0 Å². The van der Waals surface area contributed by atoms with Crippen LogP contribution in [0.25, 0.3) is 0 Å². The third-order valence-electron chi connectivity index (χ3n) is 3.81. The van der Waals surface area contributed by atoms with Crippen LogP contribution < -0.4 is 10.6 Å². The molecule has 2 aromatic carbocycles. The zero-order valence-corrected chi connectivity index (χ0v) is 14.4. The van der Waals surface area contributed by atoms with Crippen molar-refractivity contribution in [3.8, 4) is 0 Å². The van der Waals surface area contributed by atoms with E-state index in [0.29, 0.717) is 5.69 Å². The van der Waals surface area contributed by atoms with Crippen molar-refractivity contribution in [2.45, 2.75) is 27.7 Å². The van der Waals surface area contributed by atoms with E-state index in [-0.39, 0.29) is 11.8 Å². The third kappa shape index (κ3) is 4.81. The van der Waals surface area contributed by atoms with Crippen LogP contribution in [-0.4, -0.2) is 11.8 Å². The second-order valence-electron chi connectivity index (χ2n) is 5.93. The number of anilines is 2. The summed E-state index contributed by atoms with van der Waals surface area (Å²) in [4.78, 5) is 23.9. The first kappa shape index (κ1) is 17.5. The molecule has 2 amide bonds. The third-order valence-corrected chi connectivity index (χ3v) is 3.81. The minimum absolute atomic E-state index is 0.334. The minimum atomic E-state index is -0.339. The highest BCUT2D eigenvalue weighted by Crippen LogP contribution is 2.16. The molecule has 2 N–H and O–H groups in total. The highest BCUT2D eigenvalue weighted by molar-refractivity contribution is 6.07. The van der Waals surface area contributed by atoms with Gasteiger partial charge in [-0.3, -0.25) is 9.59 Å². The molecule has 2 rings (SSSR count). The molecule has 0 bridgehead atoms. The summed E-state index contributed by atoms with van der Waals surface area (Å²) < 4.78 is 0. The predicted octanol–water partition coefficient (Wildman–Crippen LogP) is 4.05. The van der Waals surface area contributed by atoms with Crippen LogP contribution in [-0.2, 0) is 9.59 Å². The van der Waals surface area contributed by atoms with Crippen molar-refractivity contribution < 1.29 is 9.59 Å². The summed E-state index contributed by atoms with van der Waals surface area (Å²) in [7, 11) is 0. The maximum Gasteiger partial charge on any atom is 0.248 e. The molecular weight excluding hydrogens is 300 g/mol. The molecule has 0 aromatic heterocycles. The molecule has 0 aliphatic rings. The normalized spacial score (nSPS) is 10.7. The Morgan fingerprint density at radius 1 is 0.750 bits per heavy atom. The van der Waals surface area contributed by atoms with E-state index in [9.17, 15) is 9.59 Å². The van der Waals surface area contributed by atoms with Gasteiger partial charge in [0.15, 0.2) is 0 Å². The van der Waals surface area contributed by atoms with Crippen LogP contribution in [0.5, 0.6) is 0 Å². The van der Waals surface area contributed by atoms with E-state index in [2.05, 4.69) is 10.6 Å². The standard InChI is InChI=1S/C20H22N2O2/c1-13-5-6-15(3)18(11-13)22-20(24)10-9-19(23)21-17-8-7-14(2)16(4)12-17/h5-12H,1-4H3,(H,21,23)(H,22,24)/b10-9-. The molecule has 0 saturated carbocycles. The molecule has 0 heterocycles. The van der Waals surface area contributed by atoms with Crippen molar-refractivity contribution in [1.29, 1.82) is 0 Å². The van der Waals surface area contributed by atoms with Gasteiger partial charge in [-0.1, -0.05) is 18.2 Å². The molecule has 0 spiro atoms. The van der Waals surface area contributed by atoms with Gasteiger partial charge in [-0.05, 0) is 68.1 Å². The van der Waals surface area contributed by atoms with Crippen LogP contribution in [0.2, 0.25) is 0 Å². The smallest absolute Gasteiger partial charge is 0.248 e. The fourth-order valence-corrected chi connectivity index (χ4v) is 2.20. The molecular formula is C20H22N2O2. The SMILES string of the molecule is Cc1ccc(C)c(NC(=O)/C=C\C(=O)Nc2ccc(C)c(C)c2)c1. The van der Waals surface area contributed by atoms with E-state index in [4.69, 9.17) is 0 Å². The first-order valence-electron chi connectivity index (χ1n) is 7.79. The molecule has 0 radical (unpaired) electrons. The highest BCUT2D eigenvalue weighted by Gasteiger charge is 2.04. The molecule has 0 atom stereocenters. The lowest BCUT2D eigenvalue weighted by atomic mass is 10.1. The van der Waals surface area contributed by atoms with Gasteiger partial charge in [0.1, 0.15) is 0 Å². The Morgan fingerprint density at radius 3 is 2.04 bits per heavy atom. The number of rotatable bonds is 4. The second-order valence-corrected chi connectivity index (χ2v) is 5.93. The lowest BCUT2D eigenvalue weighted by Gasteiger charge is -2.07. The molecule has 0 unspecified atom stereocenters. The average Bonchev–Trinajstić information content (AvgIpc) is 2.52. The van der Waals surface area contributed by atoms with Gasteiger partial charge in [-0.2, -0.15) is 0 Å². The quantitative estimate of drug-likeness (QED) is 0.834. The van der Waals surface area contributed by atoms with Crippen LogP contribution in [0.15, 0.2) is 48.6 Å². The minimum Gasteiger partial charge on any atom is -0.323 e. The molecule has 0 aliphatic carbocycles. The van der Waals surface area contributed by atoms with Gasteiger partial charge in [0.25, 0.3) is 0 Å². The summed E-state index contributed by atoms with van der Waals surface area (Å²) in [6, 6.07) is 11.5. The van der Waals surface area contributed by atoms with E-state index in [0.717, 1.165) is 27.9 Å². The maximum absolute atomic E-state index is 12.0. The number of carbonyl (C=O) groups excluding carboxylic acids is 2. The van der Waals surface area contributed by atoms with E-state index in [1.165, 1.54) is 12.2 Å². The van der Waals surface area contributed by atoms with Gasteiger partial charge in [-0.25, -0.2) is 0 Å². The fourth-order valence-electron chi connectivity index (χ4n) is 2.20. The summed E-state index contributed by atoms with van der Waals surface area (Å²) >= 11 is 0. The van der Waals surface area contributed by atoms with Crippen LogP contribution in [0.3, 0.4) is 0 Å². The molecule has 4 nitrogen and oxygen atoms in total. The first-order chi connectivity index (χ1) is 11.3. The molecule has 4 heteroatoms. The van der Waals surface area contributed by atoms with Crippen molar-refractivity contribution in [3.05, 3.63) is 70.8 Å². The number of carbonyl (C=O) groups is 2. The van der Waals surface area contributed by atoms with Gasteiger partial charge in [0.2, 0.25) is 11.8 Å². The van der Waals surface area contributed by atoms with E-state index in [1.54, 1.807) is 0 Å². The Bertz CT molecular complexity index is 807. The number of hydrogen-bond donors (Lipinski definition) is 2. The number of hydrogen-bond acceptors (Lipinski definition) is 2. The lowest BCUT2D eigenvalue weighted by Crippen LogP contribution is -2.12. The molecule has 124 valence electrons. The molecule has 0 saturated heterocycles. The monoisotopic (exact) mass is 322 g/mol. The van der Waals surface area contributed by atoms with Crippen LogP contribution >= 0.6 is 0 Å². The van der Waals surface area contributed by atoms with Gasteiger partial charge in [0.05, 0.1) is 0 Å². The van der Waals surface area contributed by atoms with Crippen LogP contribution in [0.1, 0.15) is 22.3 Å². The van der Waals surface area contributed by atoms with Gasteiger partial charge < -0.3 is 10.6 Å². The predicted molar refractivity (Wildman–Crippen MR) is 98.2 cm³/mol. The molecule has 0 aliphatic heterocycles. The van der Waals surface area contributed by atoms with E-state index in [1.807, 2.05) is 64.1 Å². The van der Waals surface area contributed by atoms with Crippen molar-refractivity contribution in [3.63, 3.8) is 0 Å². The topological polar surface area (TPSA) is 58.2 Å². The number of amides is 2. The van der Waals surface area contributed by atoms with Crippen LogP contribution in [0, 0.1) is 27.7 Å². The zero-order valence-electron chi connectivity index (χ0n) is 14.4. The number of nitrogens with one attached hydrogen (secondary N) is 2. The van der Waals surface area contributed by atoms with Crippen molar-refractivity contribution >= 4 is 23.2 Å². The number of aryl methyl sites for hydroxylation is 4. The Morgan fingerprint density at radius 2 is 1.38 bits per heavy atom. The summed E-state index contributed by atoms with van der Waals surface area (Å²) in [5, 5.41) is 5.53. The number of benzene rings is 2. The molecule has 24 heavy (non-hydrogen) atoms.